The maximum Gasteiger partial charge on any atom is 0.126 e. The minimum Gasteiger partial charge on any atom is -0.314 e. The lowest BCUT2D eigenvalue weighted by Crippen LogP contribution is -2.48. The summed E-state index contributed by atoms with van der Waals surface area (Å²) in [5, 5.41) is 3.31. The lowest BCUT2D eigenvalue weighted by molar-refractivity contribution is 0.0858. The molecule has 2 rings (SSSR count). The Labute approximate surface area is 138 Å². The van der Waals surface area contributed by atoms with Crippen LogP contribution in [-0.4, -0.2) is 31.1 Å². The predicted octanol–water partition coefficient (Wildman–Crippen LogP) is 3.80. The average Bonchev–Trinajstić information content (AvgIpc) is 2.27. The molecular weight excluding hydrogens is 317 g/mol. The van der Waals surface area contributed by atoms with E-state index < -0.39 is 11.6 Å². The molecule has 1 aromatic rings. The van der Waals surface area contributed by atoms with Gasteiger partial charge in [-0.15, -0.1) is 24.8 Å². The SMILES string of the molecule is CC(C)(C)[C@@H](c1cc(F)cc(F)c1)N1CCNCC1.Cl.Cl. The molecule has 1 aliphatic heterocycles. The Morgan fingerprint density at radius 2 is 1.48 bits per heavy atom. The molecule has 6 heteroatoms. The molecule has 0 saturated carbocycles. The van der Waals surface area contributed by atoms with E-state index in [1.807, 2.05) is 0 Å². The molecule has 0 aliphatic carbocycles. The van der Waals surface area contributed by atoms with Gasteiger partial charge in [-0.1, -0.05) is 20.8 Å². The summed E-state index contributed by atoms with van der Waals surface area (Å²) in [5.41, 5.74) is 0.657. The van der Waals surface area contributed by atoms with Crippen molar-refractivity contribution in [3.63, 3.8) is 0 Å². The Kier molecular flexibility index (Phi) is 8.11. The first kappa shape index (κ1) is 20.6. The minimum atomic E-state index is -0.501. The standard InChI is InChI=1S/C15H22F2N2.2ClH/c1-15(2,3)14(19-6-4-18-5-7-19)11-8-12(16)10-13(17)9-11;;/h8-10,14,18H,4-7H2,1-3H3;2*1H/t14-;;/m1../s1. The fourth-order valence-electron chi connectivity index (χ4n) is 2.93. The van der Waals surface area contributed by atoms with Crippen molar-refractivity contribution >= 4 is 24.8 Å². The van der Waals surface area contributed by atoms with Crippen LogP contribution in [0.1, 0.15) is 32.4 Å². The van der Waals surface area contributed by atoms with Gasteiger partial charge in [-0.05, 0) is 23.1 Å². The molecule has 0 aromatic heterocycles. The molecule has 1 fully saturated rings. The quantitative estimate of drug-likeness (QED) is 0.880. The van der Waals surface area contributed by atoms with E-state index in [0.29, 0.717) is 0 Å². The van der Waals surface area contributed by atoms with Crippen LogP contribution < -0.4 is 5.32 Å². The van der Waals surface area contributed by atoms with Crippen LogP contribution in [0.25, 0.3) is 0 Å². The first-order valence-electron chi connectivity index (χ1n) is 6.79. The van der Waals surface area contributed by atoms with Gasteiger partial charge < -0.3 is 5.32 Å². The van der Waals surface area contributed by atoms with E-state index in [4.69, 9.17) is 0 Å². The Bertz CT molecular complexity index is 424. The normalized spacial score (nSPS) is 17.6. The highest BCUT2D eigenvalue weighted by molar-refractivity contribution is 5.85. The summed E-state index contributed by atoms with van der Waals surface area (Å²) in [4.78, 5) is 2.31. The van der Waals surface area contributed by atoms with Crippen molar-refractivity contribution in [3.05, 3.63) is 35.4 Å². The zero-order valence-electron chi connectivity index (χ0n) is 12.7. The molecule has 0 spiro atoms. The molecule has 1 saturated heterocycles. The smallest absolute Gasteiger partial charge is 0.126 e. The molecule has 122 valence electrons. The van der Waals surface area contributed by atoms with Crippen LogP contribution in [0.5, 0.6) is 0 Å². The van der Waals surface area contributed by atoms with Crippen LogP contribution >= 0.6 is 24.8 Å². The largest absolute Gasteiger partial charge is 0.314 e. The molecule has 0 radical (unpaired) electrons. The maximum atomic E-state index is 13.5. The molecule has 1 N–H and O–H groups in total. The molecule has 1 aromatic carbocycles. The predicted molar refractivity (Wildman–Crippen MR) is 87.5 cm³/mol. The maximum absolute atomic E-state index is 13.5. The van der Waals surface area contributed by atoms with E-state index in [9.17, 15) is 8.78 Å². The second-order valence-corrected chi connectivity index (χ2v) is 6.26. The van der Waals surface area contributed by atoms with E-state index in [0.717, 1.165) is 37.8 Å². The molecular formula is C15H24Cl2F2N2. The molecule has 21 heavy (non-hydrogen) atoms. The van der Waals surface area contributed by atoms with E-state index in [2.05, 4.69) is 31.0 Å². The summed E-state index contributed by atoms with van der Waals surface area (Å²) in [6, 6.07) is 3.88. The van der Waals surface area contributed by atoms with Gasteiger partial charge in [-0.3, -0.25) is 4.90 Å². The Morgan fingerprint density at radius 1 is 1.00 bits per heavy atom. The van der Waals surface area contributed by atoms with Gasteiger partial charge in [0.05, 0.1) is 0 Å². The van der Waals surface area contributed by atoms with Crippen LogP contribution in [-0.2, 0) is 0 Å². The first-order chi connectivity index (χ1) is 8.88. The van der Waals surface area contributed by atoms with Crippen molar-refractivity contribution in [2.75, 3.05) is 26.2 Å². The average molecular weight is 341 g/mol. The monoisotopic (exact) mass is 340 g/mol. The summed E-state index contributed by atoms with van der Waals surface area (Å²) in [6.45, 7) is 9.99. The minimum absolute atomic E-state index is 0. The van der Waals surface area contributed by atoms with Crippen molar-refractivity contribution in [1.82, 2.24) is 10.2 Å². The zero-order valence-corrected chi connectivity index (χ0v) is 14.3. The summed E-state index contributed by atoms with van der Waals surface area (Å²) in [5.74, 6) is -1.00. The highest BCUT2D eigenvalue weighted by Crippen LogP contribution is 2.38. The highest BCUT2D eigenvalue weighted by Gasteiger charge is 2.33. The number of nitrogens with zero attached hydrogens (tertiary/aromatic N) is 1. The van der Waals surface area contributed by atoms with Gasteiger partial charge in [-0.2, -0.15) is 0 Å². The third-order valence-electron chi connectivity index (χ3n) is 3.54. The zero-order chi connectivity index (χ0) is 14.0. The summed E-state index contributed by atoms with van der Waals surface area (Å²) in [7, 11) is 0. The number of rotatable bonds is 2. The third kappa shape index (κ3) is 5.37. The van der Waals surface area contributed by atoms with Gasteiger partial charge in [0.15, 0.2) is 0 Å². The Morgan fingerprint density at radius 3 is 1.90 bits per heavy atom. The number of hydrogen-bond donors (Lipinski definition) is 1. The van der Waals surface area contributed by atoms with E-state index in [1.165, 1.54) is 12.1 Å². The van der Waals surface area contributed by atoms with Crippen molar-refractivity contribution in [2.24, 2.45) is 5.41 Å². The Balaban J connectivity index is 0.00000200. The molecule has 0 amide bonds. The van der Waals surface area contributed by atoms with Crippen molar-refractivity contribution in [3.8, 4) is 0 Å². The highest BCUT2D eigenvalue weighted by atomic mass is 35.5. The van der Waals surface area contributed by atoms with Gasteiger partial charge >= 0.3 is 0 Å². The summed E-state index contributed by atoms with van der Waals surface area (Å²) < 4.78 is 26.9. The number of nitrogens with one attached hydrogen (secondary N) is 1. The van der Waals surface area contributed by atoms with E-state index in [-0.39, 0.29) is 36.3 Å². The molecule has 1 atom stereocenters. The van der Waals surface area contributed by atoms with Gasteiger partial charge in [0, 0.05) is 38.3 Å². The lowest BCUT2D eigenvalue weighted by Gasteiger charge is -2.42. The second-order valence-electron chi connectivity index (χ2n) is 6.26. The van der Waals surface area contributed by atoms with Crippen LogP contribution in [0, 0.1) is 17.0 Å². The topological polar surface area (TPSA) is 15.3 Å². The van der Waals surface area contributed by atoms with Gasteiger partial charge in [0.25, 0.3) is 0 Å². The Hall–Kier alpha value is -0.420. The summed E-state index contributed by atoms with van der Waals surface area (Å²) in [6.07, 6.45) is 0. The fourth-order valence-corrected chi connectivity index (χ4v) is 2.93. The van der Waals surface area contributed by atoms with Crippen molar-refractivity contribution in [2.45, 2.75) is 26.8 Å². The van der Waals surface area contributed by atoms with E-state index >= 15 is 0 Å². The first-order valence-corrected chi connectivity index (χ1v) is 6.79. The van der Waals surface area contributed by atoms with Gasteiger partial charge in [-0.25, -0.2) is 8.78 Å². The number of benzene rings is 1. The number of piperazine rings is 1. The third-order valence-corrected chi connectivity index (χ3v) is 3.54. The van der Waals surface area contributed by atoms with Crippen LogP contribution in [0.15, 0.2) is 18.2 Å². The molecule has 0 unspecified atom stereocenters. The molecule has 0 bridgehead atoms. The lowest BCUT2D eigenvalue weighted by atomic mass is 9.81. The van der Waals surface area contributed by atoms with E-state index in [1.54, 1.807) is 0 Å². The van der Waals surface area contributed by atoms with Gasteiger partial charge in [0.1, 0.15) is 11.6 Å². The van der Waals surface area contributed by atoms with Crippen molar-refractivity contribution < 1.29 is 8.78 Å². The van der Waals surface area contributed by atoms with Crippen LogP contribution in [0.3, 0.4) is 0 Å². The second kappa shape index (κ2) is 8.28. The number of hydrogen-bond acceptors (Lipinski definition) is 2. The molecule has 2 nitrogen and oxygen atoms in total. The van der Waals surface area contributed by atoms with Gasteiger partial charge in [0.2, 0.25) is 0 Å². The molecule has 1 heterocycles. The van der Waals surface area contributed by atoms with Crippen molar-refractivity contribution in [1.29, 1.82) is 0 Å². The molecule has 1 aliphatic rings. The van der Waals surface area contributed by atoms with Crippen LogP contribution in [0.4, 0.5) is 8.78 Å². The van der Waals surface area contributed by atoms with Crippen LogP contribution in [0.2, 0.25) is 0 Å². The fraction of sp³-hybridized carbons (Fsp3) is 0.600. The summed E-state index contributed by atoms with van der Waals surface area (Å²) >= 11 is 0. The number of halogens is 4.